The number of nitrogens with one attached hydrogen (secondary N) is 1. The van der Waals surface area contributed by atoms with Gasteiger partial charge >= 0.3 is 5.69 Å². The molecule has 4 atom stereocenters. The molecule has 0 spiro atoms. The molecule has 2 rings (SSSR count). The zero-order valence-electron chi connectivity index (χ0n) is 10.2. The molecule has 0 aromatic carbocycles. The summed E-state index contributed by atoms with van der Waals surface area (Å²) in [6.45, 7) is 1.58. The molecule has 0 bridgehead atoms. The topological polar surface area (TPSA) is 105 Å². The average molecular weight is 382 g/mol. The third kappa shape index (κ3) is 2.91. The van der Waals surface area contributed by atoms with E-state index >= 15 is 0 Å². The van der Waals surface area contributed by atoms with Gasteiger partial charge in [0.15, 0.2) is 0 Å². The van der Waals surface area contributed by atoms with Crippen molar-refractivity contribution in [2.45, 2.75) is 37.9 Å². The number of aliphatic hydroxyl groups excluding tert-OH is 2. The average Bonchev–Trinajstić information content (AvgIpc) is 2.75. The lowest BCUT2D eigenvalue weighted by Crippen LogP contribution is -2.36. The molecule has 3 N–H and O–H groups in total. The summed E-state index contributed by atoms with van der Waals surface area (Å²) in [6, 6.07) is 0. The first-order valence-electron chi connectivity index (χ1n) is 5.83. The summed E-state index contributed by atoms with van der Waals surface area (Å²) in [5, 5.41) is 19.6. The molecule has 7 nitrogen and oxygen atoms in total. The normalized spacial score (nSPS) is 28.5. The minimum atomic E-state index is -0.839. The van der Waals surface area contributed by atoms with Gasteiger partial charge in [0.25, 0.3) is 5.56 Å². The van der Waals surface area contributed by atoms with Gasteiger partial charge in [0, 0.05) is 22.6 Å². The largest absolute Gasteiger partial charge is 0.390 e. The maximum Gasteiger partial charge on any atom is 0.330 e. The first-order chi connectivity index (χ1) is 8.93. The Labute approximate surface area is 122 Å². The van der Waals surface area contributed by atoms with Crippen molar-refractivity contribution in [3.8, 4) is 0 Å². The summed E-state index contributed by atoms with van der Waals surface area (Å²) < 4.78 is 7.18. The number of hydrogen-bond donors (Lipinski definition) is 3. The zero-order valence-corrected chi connectivity index (χ0v) is 12.4. The fraction of sp³-hybridized carbons (Fsp3) is 0.636. The van der Waals surface area contributed by atoms with E-state index in [0.29, 0.717) is 9.99 Å². The molecule has 1 aliphatic rings. The lowest BCUT2D eigenvalue weighted by Gasteiger charge is -2.19. The molecule has 1 aromatic rings. The second kappa shape index (κ2) is 5.73. The quantitative estimate of drug-likeness (QED) is 0.473. The SMILES string of the molecule is Cc1cn([C@H]2C[C@H](O)[C@@H](C(O)CI)O2)c(=O)[nH]c1=O. The predicted octanol–water partition coefficient (Wildman–Crippen LogP) is -0.711. The van der Waals surface area contributed by atoms with E-state index in [1.54, 1.807) is 6.92 Å². The van der Waals surface area contributed by atoms with Crippen molar-refractivity contribution in [3.05, 3.63) is 32.6 Å². The van der Waals surface area contributed by atoms with Crippen LogP contribution >= 0.6 is 22.6 Å². The zero-order chi connectivity index (χ0) is 14.2. The maximum absolute atomic E-state index is 11.7. The van der Waals surface area contributed by atoms with Crippen molar-refractivity contribution in [2.75, 3.05) is 4.43 Å². The number of halogens is 1. The van der Waals surface area contributed by atoms with E-state index in [2.05, 4.69) is 4.98 Å². The number of hydrogen-bond acceptors (Lipinski definition) is 5. The Hall–Kier alpha value is -0.710. The monoisotopic (exact) mass is 382 g/mol. The van der Waals surface area contributed by atoms with E-state index in [1.807, 2.05) is 22.6 Å². The second-order valence-electron chi connectivity index (χ2n) is 4.56. The fourth-order valence-electron chi connectivity index (χ4n) is 2.08. The molecule has 1 fully saturated rings. The van der Waals surface area contributed by atoms with Gasteiger partial charge in [-0.2, -0.15) is 0 Å². The number of nitrogens with zero attached hydrogens (tertiary/aromatic N) is 1. The number of aryl methyl sites for hydroxylation is 1. The molecule has 1 aromatic heterocycles. The summed E-state index contributed by atoms with van der Waals surface area (Å²) in [7, 11) is 0. The summed E-state index contributed by atoms with van der Waals surface area (Å²) in [5.74, 6) is 0. The van der Waals surface area contributed by atoms with Crippen LogP contribution in [0, 0.1) is 6.92 Å². The lowest BCUT2D eigenvalue weighted by atomic mass is 10.1. The van der Waals surface area contributed by atoms with Gasteiger partial charge in [-0.15, -0.1) is 0 Å². The van der Waals surface area contributed by atoms with Crippen LogP contribution in [0.2, 0.25) is 0 Å². The number of H-pyrrole nitrogens is 1. The van der Waals surface area contributed by atoms with Crippen molar-refractivity contribution in [3.63, 3.8) is 0 Å². The van der Waals surface area contributed by atoms with Gasteiger partial charge in [0.2, 0.25) is 0 Å². The molecule has 2 heterocycles. The van der Waals surface area contributed by atoms with E-state index in [0.717, 1.165) is 0 Å². The van der Waals surface area contributed by atoms with Crippen LogP contribution in [0.25, 0.3) is 0 Å². The molecule has 106 valence electrons. The highest BCUT2D eigenvalue weighted by Gasteiger charge is 2.39. The first kappa shape index (κ1) is 14.7. The van der Waals surface area contributed by atoms with Crippen LogP contribution in [0.5, 0.6) is 0 Å². The van der Waals surface area contributed by atoms with Crippen molar-refractivity contribution in [1.29, 1.82) is 0 Å². The molecule has 1 unspecified atom stereocenters. The lowest BCUT2D eigenvalue weighted by molar-refractivity contribution is -0.0747. The van der Waals surface area contributed by atoms with E-state index in [9.17, 15) is 19.8 Å². The Morgan fingerprint density at radius 3 is 2.95 bits per heavy atom. The predicted molar refractivity (Wildman–Crippen MR) is 75.5 cm³/mol. The van der Waals surface area contributed by atoms with Gasteiger partial charge < -0.3 is 14.9 Å². The van der Waals surface area contributed by atoms with Crippen LogP contribution in [-0.2, 0) is 4.74 Å². The number of ether oxygens (including phenoxy) is 1. The first-order valence-corrected chi connectivity index (χ1v) is 7.36. The standard InChI is InChI=1S/C11H15IN2O5/c1-5-4-14(11(18)13-10(5)17)8-2-6(15)9(19-8)7(16)3-12/h4,6-9,15-16H,2-3H2,1H3,(H,13,17,18)/t6-,7?,8+,9-/m0/s1. The molecule has 1 aliphatic heterocycles. The minimum Gasteiger partial charge on any atom is -0.390 e. The third-order valence-electron chi connectivity index (χ3n) is 3.13. The Balaban J connectivity index is 2.28. The smallest absolute Gasteiger partial charge is 0.330 e. The van der Waals surface area contributed by atoms with Crippen LogP contribution in [-0.4, -0.2) is 42.5 Å². The number of rotatable bonds is 3. The molecule has 1 saturated heterocycles. The molecule has 0 saturated carbocycles. The van der Waals surface area contributed by atoms with Crippen molar-refractivity contribution < 1.29 is 14.9 Å². The third-order valence-corrected chi connectivity index (χ3v) is 4.03. The number of aromatic amines is 1. The Bertz CT molecular complexity index is 569. The van der Waals surface area contributed by atoms with Gasteiger partial charge in [-0.3, -0.25) is 14.3 Å². The van der Waals surface area contributed by atoms with Gasteiger partial charge in [-0.25, -0.2) is 4.79 Å². The van der Waals surface area contributed by atoms with E-state index < -0.39 is 35.8 Å². The molecular weight excluding hydrogens is 367 g/mol. The Kier molecular flexibility index (Phi) is 4.43. The van der Waals surface area contributed by atoms with Gasteiger partial charge in [0.05, 0.1) is 12.2 Å². The highest BCUT2D eigenvalue weighted by molar-refractivity contribution is 14.1. The minimum absolute atomic E-state index is 0.198. The summed E-state index contributed by atoms with van der Waals surface area (Å²) >= 11 is 1.99. The molecule has 19 heavy (non-hydrogen) atoms. The van der Waals surface area contributed by atoms with Crippen LogP contribution in [0.15, 0.2) is 15.8 Å². The van der Waals surface area contributed by atoms with Crippen LogP contribution in [0.1, 0.15) is 18.2 Å². The summed E-state index contributed by atoms with van der Waals surface area (Å²) in [4.78, 5) is 25.2. The Morgan fingerprint density at radius 2 is 2.32 bits per heavy atom. The van der Waals surface area contributed by atoms with Crippen molar-refractivity contribution >= 4 is 22.6 Å². The number of aromatic nitrogens is 2. The van der Waals surface area contributed by atoms with E-state index in [-0.39, 0.29) is 6.42 Å². The second-order valence-corrected chi connectivity index (χ2v) is 5.44. The maximum atomic E-state index is 11.7. The van der Waals surface area contributed by atoms with Gasteiger partial charge in [-0.1, -0.05) is 22.6 Å². The Morgan fingerprint density at radius 1 is 1.63 bits per heavy atom. The van der Waals surface area contributed by atoms with Gasteiger partial charge in [-0.05, 0) is 6.92 Å². The van der Waals surface area contributed by atoms with E-state index in [4.69, 9.17) is 4.74 Å². The van der Waals surface area contributed by atoms with Crippen molar-refractivity contribution in [1.82, 2.24) is 9.55 Å². The number of aliphatic hydroxyl groups is 2. The summed E-state index contributed by atoms with van der Waals surface area (Å²) in [5.41, 5.74) is -0.642. The fourth-order valence-corrected chi connectivity index (χ4v) is 2.58. The molecule has 0 amide bonds. The molecular formula is C11H15IN2O5. The van der Waals surface area contributed by atoms with E-state index in [1.165, 1.54) is 10.8 Å². The highest BCUT2D eigenvalue weighted by Crippen LogP contribution is 2.29. The summed E-state index contributed by atoms with van der Waals surface area (Å²) in [6.07, 6.45) is -1.43. The van der Waals surface area contributed by atoms with Crippen molar-refractivity contribution in [2.24, 2.45) is 0 Å². The van der Waals surface area contributed by atoms with Gasteiger partial charge in [0.1, 0.15) is 12.3 Å². The van der Waals surface area contributed by atoms with Crippen LogP contribution in [0.3, 0.4) is 0 Å². The van der Waals surface area contributed by atoms with Crippen LogP contribution < -0.4 is 11.2 Å². The molecule has 8 heteroatoms. The molecule has 0 radical (unpaired) electrons. The van der Waals surface area contributed by atoms with Crippen LogP contribution in [0.4, 0.5) is 0 Å². The molecule has 0 aliphatic carbocycles. The highest BCUT2D eigenvalue weighted by atomic mass is 127. The number of alkyl halides is 1.